The van der Waals surface area contributed by atoms with Gasteiger partial charge in [0.05, 0.1) is 0 Å². The molecule has 2 aliphatic carbocycles. The molecule has 0 bridgehead atoms. The van der Waals surface area contributed by atoms with Crippen LogP contribution in [0, 0.1) is 0 Å². The summed E-state index contributed by atoms with van der Waals surface area (Å²) in [5.74, 6) is 0. The van der Waals surface area contributed by atoms with Crippen LogP contribution in [-0.4, -0.2) is 12.1 Å². The van der Waals surface area contributed by atoms with Crippen molar-refractivity contribution in [1.29, 1.82) is 0 Å². The van der Waals surface area contributed by atoms with E-state index in [-0.39, 0.29) is 0 Å². The van der Waals surface area contributed by atoms with Crippen LogP contribution in [0.3, 0.4) is 0 Å². The van der Waals surface area contributed by atoms with Crippen molar-refractivity contribution in [2.75, 3.05) is 0 Å². The van der Waals surface area contributed by atoms with Gasteiger partial charge in [-0.3, -0.25) is 0 Å². The molecule has 15 heavy (non-hydrogen) atoms. The largest absolute Gasteiger partial charge is 0.235 e. The van der Waals surface area contributed by atoms with Gasteiger partial charge in [-0.15, -0.1) is 0 Å². The van der Waals surface area contributed by atoms with Crippen molar-refractivity contribution in [3.05, 3.63) is 0 Å². The van der Waals surface area contributed by atoms with Gasteiger partial charge in [0.1, 0.15) is 0 Å². The first-order valence-corrected chi connectivity index (χ1v) is 7.15. The van der Waals surface area contributed by atoms with E-state index in [1.54, 1.807) is 0 Å². The molecule has 0 saturated heterocycles. The summed E-state index contributed by atoms with van der Waals surface area (Å²) in [5, 5.41) is 5.12. The molecule has 2 saturated carbocycles. The molecular weight excluding hydrogens is 182 g/mol. The maximum Gasteiger partial charge on any atom is 0.0249 e. The van der Waals surface area contributed by atoms with Gasteiger partial charge in [0.25, 0.3) is 0 Å². The predicted octanol–water partition coefficient (Wildman–Crippen LogP) is 4.04. The monoisotopic (exact) mass is 208 g/mol. The molecule has 1 nitrogen and oxygen atoms in total. The van der Waals surface area contributed by atoms with E-state index in [1.165, 1.54) is 77.0 Å². The third-order valence-electron chi connectivity index (χ3n) is 4.07. The van der Waals surface area contributed by atoms with Crippen molar-refractivity contribution in [3.8, 4) is 0 Å². The zero-order valence-electron chi connectivity index (χ0n) is 10.1. The highest BCUT2D eigenvalue weighted by Gasteiger charge is 2.19. The molecule has 87 valence electrons. The van der Waals surface area contributed by atoms with Crippen LogP contribution in [0.15, 0.2) is 0 Å². The highest BCUT2D eigenvalue weighted by Crippen LogP contribution is 2.23. The Labute approximate surface area is 95.0 Å². The molecule has 0 heterocycles. The van der Waals surface area contributed by atoms with Gasteiger partial charge in [-0.25, -0.2) is 5.32 Å². The molecule has 0 unspecified atom stereocenters. The van der Waals surface area contributed by atoms with Gasteiger partial charge in [0.2, 0.25) is 0 Å². The molecule has 0 amide bonds. The fourth-order valence-corrected chi connectivity index (χ4v) is 3.11. The van der Waals surface area contributed by atoms with E-state index < -0.39 is 0 Å². The lowest BCUT2D eigenvalue weighted by atomic mass is 10.0. The van der Waals surface area contributed by atoms with Crippen LogP contribution in [0.1, 0.15) is 77.0 Å². The fourth-order valence-electron chi connectivity index (χ4n) is 3.11. The van der Waals surface area contributed by atoms with E-state index >= 15 is 0 Å². The maximum atomic E-state index is 5.12. The molecule has 2 aliphatic rings. The van der Waals surface area contributed by atoms with E-state index in [0.29, 0.717) is 0 Å². The Kier molecular flexibility index (Phi) is 4.98. The lowest BCUT2D eigenvalue weighted by Gasteiger charge is -2.21. The molecule has 0 aromatic carbocycles. The Bertz CT molecular complexity index is 133. The Balaban J connectivity index is 1.73. The Morgan fingerprint density at radius 3 is 1.13 bits per heavy atom. The Morgan fingerprint density at radius 2 is 0.800 bits per heavy atom. The van der Waals surface area contributed by atoms with Gasteiger partial charge >= 0.3 is 0 Å². The number of nitrogens with zero attached hydrogens (tertiary/aromatic N) is 1. The molecule has 0 aromatic rings. The lowest BCUT2D eigenvalue weighted by Crippen LogP contribution is -2.31. The van der Waals surface area contributed by atoms with Crippen LogP contribution in [0.4, 0.5) is 0 Å². The molecule has 0 aliphatic heterocycles. The summed E-state index contributed by atoms with van der Waals surface area (Å²) in [6, 6.07) is 1.46. The van der Waals surface area contributed by atoms with E-state index in [9.17, 15) is 0 Å². The summed E-state index contributed by atoms with van der Waals surface area (Å²) in [6.45, 7) is 0. The van der Waals surface area contributed by atoms with Crippen LogP contribution < -0.4 is 5.32 Å². The summed E-state index contributed by atoms with van der Waals surface area (Å²) >= 11 is 0. The van der Waals surface area contributed by atoms with Crippen molar-refractivity contribution < 1.29 is 0 Å². The normalized spacial score (nSPS) is 27.2. The van der Waals surface area contributed by atoms with Crippen molar-refractivity contribution >= 4 is 0 Å². The molecule has 2 rings (SSSR count). The summed E-state index contributed by atoms with van der Waals surface area (Å²) in [7, 11) is 0. The summed E-state index contributed by atoms with van der Waals surface area (Å²) in [4.78, 5) is 0. The first kappa shape index (κ1) is 11.4. The number of rotatable bonds is 2. The third kappa shape index (κ3) is 4.14. The van der Waals surface area contributed by atoms with Crippen LogP contribution in [0.2, 0.25) is 0 Å². The average Bonchev–Trinajstić information content (AvgIpc) is 2.63. The molecule has 1 heteroatoms. The predicted molar refractivity (Wildman–Crippen MR) is 65.1 cm³/mol. The Hall–Kier alpha value is -0.0400. The highest BCUT2D eigenvalue weighted by molar-refractivity contribution is 4.77. The molecular formula is C14H26N. The fraction of sp³-hybridized carbons (Fsp3) is 1.00. The highest BCUT2D eigenvalue weighted by atomic mass is 14.9. The van der Waals surface area contributed by atoms with Crippen molar-refractivity contribution in [3.63, 3.8) is 0 Å². The third-order valence-corrected chi connectivity index (χ3v) is 4.07. The van der Waals surface area contributed by atoms with Gasteiger partial charge in [0, 0.05) is 12.1 Å². The summed E-state index contributed by atoms with van der Waals surface area (Å²) in [5.41, 5.74) is 0. The molecule has 0 spiro atoms. The summed E-state index contributed by atoms with van der Waals surface area (Å²) in [6.07, 6.45) is 17.1. The van der Waals surface area contributed by atoms with Crippen LogP contribution in [-0.2, 0) is 0 Å². The lowest BCUT2D eigenvalue weighted by molar-refractivity contribution is 0.357. The summed E-state index contributed by atoms with van der Waals surface area (Å²) < 4.78 is 0. The van der Waals surface area contributed by atoms with Gasteiger partial charge in [0.15, 0.2) is 0 Å². The van der Waals surface area contributed by atoms with Crippen LogP contribution in [0.25, 0.3) is 0 Å². The van der Waals surface area contributed by atoms with Gasteiger partial charge < -0.3 is 0 Å². The molecule has 2 fully saturated rings. The molecule has 0 aromatic heterocycles. The minimum atomic E-state index is 0.732. The van der Waals surface area contributed by atoms with Crippen LogP contribution >= 0.6 is 0 Å². The molecule has 1 radical (unpaired) electrons. The van der Waals surface area contributed by atoms with E-state index in [1.807, 2.05) is 0 Å². The van der Waals surface area contributed by atoms with Crippen molar-refractivity contribution in [2.45, 2.75) is 89.1 Å². The quantitative estimate of drug-likeness (QED) is 0.608. The molecule has 0 atom stereocenters. The number of hydrogen-bond acceptors (Lipinski definition) is 0. The van der Waals surface area contributed by atoms with Gasteiger partial charge in [-0.2, -0.15) is 0 Å². The topological polar surface area (TPSA) is 14.1 Å². The number of hydrogen-bond donors (Lipinski definition) is 0. The molecule has 0 N–H and O–H groups in total. The van der Waals surface area contributed by atoms with E-state index in [4.69, 9.17) is 5.32 Å². The van der Waals surface area contributed by atoms with E-state index in [0.717, 1.165) is 12.1 Å². The average molecular weight is 208 g/mol. The van der Waals surface area contributed by atoms with Gasteiger partial charge in [-0.05, 0) is 25.7 Å². The second-order valence-corrected chi connectivity index (χ2v) is 5.44. The van der Waals surface area contributed by atoms with Gasteiger partial charge in [-0.1, -0.05) is 51.4 Å². The zero-order chi connectivity index (χ0) is 10.3. The standard InChI is InChI=1S/C14H26N/c1-2-6-10-13(9-5-1)15-14-11-7-3-4-8-12-14/h13-14H,1-12H2. The second-order valence-electron chi connectivity index (χ2n) is 5.44. The first-order valence-electron chi connectivity index (χ1n) is 7.15. The Morgan fingerprint density at radius 1 is 0.467 bits per heavy atom. The van der Waals surface area contributed by atoms with Crippen molar-refractivity contribution in [1.82, 2.24) is 5.32 Å². The smallest absolute Gasteiger partial charge is 0.0249 e. The van der Waals surface area contributed by atoms with Crippen molar-refractivity contribution in [2.24, 2.45) is 0 Å². The SMILES string of the molecule is C1CCCC([N]C2CCCCCC2)CC1. The van der Waals surface area contributed by atoms with E-state index in [2.05, 4.69) is 0 Å². The minimum Gasteiger partial charge on any atom is -0.235 e. The minimum absolute atomic E-state index is 0.732. The first-order chi connectivity index (χ1) is 7.45. The second kappa shape index (κ2) is 6.52. The zero-order valence-corrected chi connectivity index (χ0v) is 10.1. The maximum absolute atomic E-state index is 5.12. The van der Waals surface area contributed by atoms with Crippen LogP contribution in [0.5, 0.6) is 0 Å².